The molecule has 9 nitrogen and oxygen atoms in total. The van der Waals surface area contributed by atoms with Gasteiger partial charge >= 0.3 is 6.09 Å². The number of carbonyl (C=O) groups excluding carboxylic acids is 2. The van der Waals surface area contributed by atoms with Gasteiger partial charge in [-0.1, -0.05) is 6.08 Å². The molecule has 11 heteroatoms. The van der Waals surface area contributed by atoms with Crippen molar-refractivity contribution in [3.8, 4) is 10.8 Å². The molecule has 0 bridgehead atoms. The molecule has 200 valence electrons. The first-order chi connectivity index (χ1) is 18.0. The summed E-state index contributed by atoms with van der Waals surface area (Å²) in [6, 6.07) is 5.35. The standard InChI is InChI=1S/C27H31FN6O3S/c1-16-22-21(18-10-12-32(13-11-18)26(36)37-27(3,4)5)30-23(24-29-17(2)31-38-24)34(22)15-14-33(16)25(35)19-6-8-20(28)9-7-19/h6-10,16H,11-15H2,1-5H3/t16-/m1/s1. The molecule has 2 aliphatic rings. The molecular weight excluding hydrogens is 507 g/mol. The van der Waals surface area contributed by atoms with Crippen LogP contribution >= 0.6 is 11.5 Å². The highest BCUT2D eigenvalue weighted by atomic mass is 32.1. The van der Waals surface area contributed by atoms with E-state index in [4.69, 9.17) is 9.72 Å². The van der Waals surface area contributed by atoms with Gasteiger partial charge in [-0.3, -0.25) is 4.79 Å². The maximum absolute atomic E-state index is 13.5. The number of halogens is 1. The number of amides is 2. The fourth-order valence-corrected chi connectivity index (χ4v) is 5.53. The van der Waals surface area contributed by atoms with Crippen LogP contribution in [-0.2, 0) is 11.3 Å². The van der Waals surface area contributed by atoms with Crippen LogP contribution < -0.4 is 0 Å². The Hall–Kier alpha value is -3.60. The Balaban J connectivity index is 1.49. The molecule has 2 aromatic heterocycles. The second kappa shape index (κ2) is 9.94. The van der Waals surface area contributed by atoms with E-state index in [1.54, 1.807) is 9.80 Å². The third-order valence-electron chi connectivity index (χ3n) is 6.67. The zero-order chi connectivity index (χ0) is 27.2. The quantitative estimate of drug-likeness (QED) is 0.461. The molecule has 0 saturated carbocycles. The van der Waals surface area contributed by atoms with Crippen molar-refractivity contribution in [1.82, 2.24) is 28.7 Å². The molecule has 0 saturated heterocycles. The lowest BCUT2D eigenvalue weighted by Gasteiger charge is -2.36. The molecule has 0 radical (unpaired) electrons. The SMILES string of the molecule is Cc1nsc(-c2nc(C3=CCN(C(=O)OC(C)(C)C)CC3)c3n2CCN(C(=O)c2ccc(F)cc2)[C@@H]3C)n1. The highest BCUT2D eigenvalue weighted by Crippen LogP contribution is 2.38. The first-order valence-corrected chi connectivity index (χ1v) is 13.4. The van der Waals surface area contributed by atoms with Crippen LogP contribution in [-0.4, -0.2) is 65.9 Å². The second-order valence-electron chi connectivity index (χ2n) is 10.6. The van der Waals surface area contributed by atoms with Gasteiger partial charge in [-0.05, 0) is 82.4 Å². The van der Waals surface area contributed by atoms with Crippen molar-refractivity contribution in [2.75, 3.05) is 19.6 Å². The number of benzene rings is 1. The lowest BCUT2D eigenvalue weighted by molar-refractivity contribution is 0.0270. The van der Waals surface area contributed by atoms with Crippen molar-refractivity contribution in [3.63, 3.8) is 0 Å². The third kappa shape index (κ3) is 5.07. The summed E-state index contributed by atoms with van der Waals surface area (Å²) in [6.07, 6.45) is 2.28. The zero-order valence-electron chi connectivity index (χ0n) is 22.2. The van der Waals surface area contributed by atoms with Gasteiger partial charge in [0.1, 0.15) is 17.2 Å². The van der Waals surface area contributed by atoms with Crippen LogP contribution in [0.5, 0.6) is 0 Å². The Kier molecular flexibility index (Phi) is 6.81. The number of fused-ring (bicyclic) bond motifs is 1. The lowest BCUT2D eigenvalue weighted by atomic mass is 9.98. The molecule has 38 heavy (non-hydrogen) atoms. The number of imidazole rings is 1. The highest BCUT2D eigenvalue weighted by Gasteiger charge is 2.36. The van der Waals surface area contributed by atoms with Gasteiger partial charge in [0.15, 0.2) is 10.8 Å². The van der Waals surface area contributed by atoms with Crippen LogP contribution in [0.15, 0.2) is 30.3 Å². The molecule has 3 aromatic rings. The number of hydrogen-bond acceptors (Lipinski definition) is 7. The Labute approximate surface area is 225 Å². The number of nitrogens with zero attached hydrogens (tertiary/aromatic N) is 6. The molecule has 0 fully saturated rings. The van der Waals surface area contributed by atoms with Gasteiger partial charge in [0.25, 0.3) is 5.91 Å². The minimum Gasteiger partial charge on any atom is -0.444 e. The molecule has 0 spiro atoms. The van der Waals surface area contributed by atoms with Crippen molar-refractivity contribution in [2.45, 2.75) is 59.2 Å². The molecule has 1 atom stereocenters. The first kappa shape index (κ1) is 26.0. The monoisotopic (exact) mass is 538 g/mol. The molecule has 5 rings (SSSR count). The van der Waals surface area contributed by atoms with E-state index in [1.165, 1.54) is 35.8 Å². The Morgan fingerprint density at radius 2 is 1.84 bits per heavy atom. The fraction of sp³-hybridized carbons (Fsp3) is 0.444. The molecule has 2 aliphatic heterocycles. The Bertz CT molecular complexity index is 1410. The van der Waals surface area contributed by atoms with Gasteiger partial charge in [0.05, 0.1) is 17.4 Å². The minimum atomic E-state index is -0.561. The number of ether oxygens (including phenoxy) is 1. The summed E-state index contributed by atoms with van der Waals surface area (Å²) >= 11 is 1.30. The summed E-state index contributed by atoms with van der Waals surface area (Å²) in [4.78, 5) is 39.1. The van der Waals surface area contributed by atoms with E-state index in [0.29, 0.717) is 44.0 Å². The number of carbonyl (C=O) groups is 2. The van der Waals surface area contributed by atoms with Gasteiger partial charge in [0.2, 0.25) is 0 Å². The van der Waals surface area contributed by atoms with Crippen LogP contribution in [0.1, 0.15) is 67.7 Å². The van der Waals surface area contributed by atoms with Gasteiger partial charge in [-0.25, -0.2) is 19.2 Å². The number of hydrogen-bond donors (Lipinski definition) is 0. The largest absolute Gasteiger partial charge is 0.444 e. The summed E-state index contributed by atoms with van der Waals surface area (Å²) in [5, 5.41) is 0.729. The molecule has 0 aliphatic carbocycles. The van der Waals surface area contributed by atoms with E-state index in [1.807, 2.05) is 40.7 Å². The second-order valence-corrected chi connectivity index (χ2v) is 11.3. The van der Waals surface area contributed by atoms with Crippen molar-refractivity contribution in [1.29, 1.82) is 0 Å². The van der Waals surface area contributed by atoms with Crippen molar-refractivity contribution < 1.29 is 18.7 Å². The van der Waals surface area contributed by atoms with Crippen LogP contribution in [0.2, 0.25) is 0 Å². The van der Waals surface area contributed by atoms with Crippen molar-refractivity contribution in [2.24, 2.45) is 0 Å². The van der Waals surface area contributed by atoms with E-state index >= 15 is 0 Å². The molecule has 4 heterocycles. The molecule has 2 amide bonds. The van der Waals surface area contributed by atoms with Gasteiger partial charge in [-0.2, -0.15) is 4.37 Å². The Morgan fingerprint density at radius 3 is 2.45 bits per heavy atom. The molecule has 0 N–H and O–H groups in total. The maximum Gasteiger partial charge on any atom is 0.410 e. The van der Waals surface area contributed by atoms with Gasteiger partial charge in [-0.15, -0.1) is 0 Å². The predicted octanol–water partition coefficient (Wildman–Crippen LogP) is 5.09. The number of aromatic nitrogens is 4. The van der Waals surface area contributed by atoms with Gasteiger partial charge in [0, 0.05) is 31.7 Å². The summed E-state index contributed by atoms with van der Waals surface area (Å²) < 4.78 is 25.5. The van der Waals surface area contributed by atoms with E-state index in [0.717, 1.165) is 27.8 Å². The smallest absolute Gasteiger partial charge is 0.410 e. The summed E-state index contributed by atoms with van der Waals surface area (Å²) in [7, 11) is 0. The van der Waals surface area contributed by atoms with E-state index in [9.17, 15) is 14.0 Å². The number of aryl methyl sites for hydroxylation is 1. The fourth-order valence-electron chi connectivity index (χ4n) is 4.86. The Morgan fingerprint density at radius 1 is 1.11 bits per heavy atom. The average molecular weight is 539 g/mol. The highest BCUT2D eigenvalue weighted by molar-refractivity contribution is 7.09. The summed E-state index contributed by atoms with van der Waals surface area (Å²) in [5.74, 6) is 0.885. The van der Waals surface area contributed by atoms with Crippen LogP contribution in [0.25, 0.3) is 16.4 Å². The van der Waals surface area contributed by atoms with Crippen LogP contribution in [0, 0.1) is 12.7 Å². The topological polar surface area (TPSA) is 93.5 Å². The van der Waals surface area contributed by atoms with E-state index in [-0.39, 0.29) is 23.9 Å². The van der Waals surface area contributed by atoms with E-state index in [2.05, 4.69) is 13.9 Å². The van der Waals surface area contributed by atoms with Crippen LogP contribution in [0.3, 0.4) is 0 Å². The van der Waals surface area contributed by atoms with Crippen molar-refractivity contribution in [3.05, 3.63) is 58.9 Å². The van der Waals surface area contributed by atoms with Crippen molar-refractivity contribution >= 4 is 29.1 Å². The predicted molar refractivity (Wildman–Crippen MR) is 142 cm³/mol. The first-order valence-electron chi connectivity index (χ1n) is 12.7. The minimum absolute atomic E-state index is 0.155. The van der Waals surface area contributed by atoms with Crippen LogP contribution in [0.4, 0.5) is 9.18 Å². The normalized spacial score (nSPS) is 17.7. The lowest BCUT2D eigenvalue weighted by Crippen LogP contribution is -2.41. The molecule has 0 unspecified atom stereocenters. The zero-order valence-corrected chi connectivity index (χ0v) is 23.0. The number of rotatable bonds is 3. The average Bonchev–Trinajstić information content (AvgIpc) is 3.47. The molecule has 1 aromatic carbocycles. The third-order valence-corrected chi connectivity index (χ3v) is 7.47. The molecular formula is C27H31FN6O3S. The maximum atomic E-state index is 13.5. The summed E-state index contributed by atoms with van der Waals surface area (Å²) in [6.45, 7) is 11.3. The summed E-state index contributed by atoms with van der Waals surface area (Å²) in [5.41, 5.74) is 2.63. The van der Waals surface area contributed by atoms with Gasteiger partial charge < -0.3 is 19.1 Å². The van der Waals surface area contributed by atoms with E-state index < -0.39 is 5.60 Å².